The van der Waals surface area contributed by atoms with Crippen molar-refractivity contribution in [2.45, 2.75) is 25.5 Å². The van der Waals surface area contributed by atoms with Crippen LogP contribution in [0.4, 0.5) is 10.1 Å². The van der Waals surface area contributed by atoms with E-state index in [1.807, 2.05) is 0 Å². The molecule has 2 rings (SSSR count). The maximum Gasteiger partial charge on any atom is 0.133 e. The topological polar surface area (TPSA) is 52.6 Å². The number of benzene rings is 1. The van der Waals surface area contributed by atoms with E-state index in [9.17, 15) is 14.3 Å². The third-order valence-electron chi connectivity index (χ3n) is 3.52. The Morgan fingerprint density at radius 3 is 2.79 bits per heavy atom. The van der Waals surface area contributed by atoms with E-state index in [1.54, 1.807) is 6.07 Å². The molecule has 1 aromatic rings. The van der Waals surface area contributed by atoms with Crippen molar-refractivity contribution in [3.63, 3.8) is 0 Å². The van der Waals surface area contributed by atoms with Crippen LogP contribution >= 0.6 is 0 Å². The van der Waals surface area contributed by atoms with Gasteiger partial charge in [-0.3, -0.25) is 4.90 Å². The number of hydrogen-bond donors (Lipinski definition) is 2. The summed E-state index contributed by atoms with van der Waals surface area (Å²) in [5, 5.41) is 12.6. The van der Waals surface area contributed by atoms with Crippen molar-refractivity contribution in [3.8, 4) is 0 Å². The molecule has 0 unspecified atom stereocenters. The molecule has 1 aliphatic rings. The van der Waals surface area contributed by atoms with Crippen molar-refractivity contribution in [2.24, 2.45) is 0 Å². The van der Waals surface area contributed by atoms with Crippen LogP contribution in [0.1, 0.15) is 18.4 Å². The Morgan fingerprint density at radius 2 is 2.16 bits per heavy atom. The minimum absolute atomic E-state index is 0.177. The van der Waals surface area contributed by atoms with Gasteiger partial charge in [0.05, 0.1) is 13.2 Å². The Kier molecular flexibility index (Phi) is 4.87. The largest absolute Gasteiger partial charge is 0.392 e. The molecule has 0 aliphatic carbocycles. The molecule has 5 heteroatoms. The molecular formula is C14H19FN2O2. The van der Waals surface area contributed by atoms with Crippen LogP contribution in [0, 0.1) is 5.82 Å². The first kappa shape index (κ1) is 14.0. The fraction of sp³-hybridized carbons (Fsp3) is 0.500. The highest BCUT2D eigenvalue weighted by Gasteiger charge is 2.19. The number of anilines is 1. The fourth-order valence-electron chi connectivity index (χ4n) is 2.42. The number of carbonyl (C=O) groups is 1. The first-order chi connectivity index (χ1) is 9.22. The van der Waals surface area contributed by atoms with Gasteiger partial charge in [0.25, 0.3) is 0 Å². The SMILES string of the molecule is O=CCN1CCC(Nc2ccc(F)cc2CO)CC1. The molecule has 1 aliphatic heterocycles. The molecule has 0 saturated carbocycles. The molecule has 0 amide bonds. The molecule has 0 radical (unpaired) electrons. The predicted molar refractivity (Wildman–Crippen MR) is 71.5 cm³/mol. The van der Waals surface area contributed by atoms with Crippen LogP contribution in [0.5, 0.6) is 0 Å². The van der Waals surface area contributed by atoms with Crippen molar-refractivity contribution >= 4 is 12.0 Å². The summed E-state index contributed by atoms with van der Waals surface area (Å²) in [4.78, 5) is 12.6. The second-order valence-corrected chi connectivity index (χ2v) is 4.85. The van der Waals surface area contributed by atoms with Gasteiger partial charge in [-0.15, -0.1) is 0 Å². The van der Waals surface area contributed by atoms with Gasteiger partial charge < -0.3 is 15.2 Å². The number of carbonyl (C=O) groups excluding carboxylic acids is 1. The average Bonchev–Trinajstić information content (AvgIpc) is 2.43. The highest BCUT2D eigenvalue weighted by atomic mass is 19.1. The quantitative estimate of drug-likeness (QED) is 0.791. The number of aldehydes is 1. The number of nitrogens with one attached hydrogen (secondary N) is 1. The smallest absolute Gasteiger partial charge is 0.133 e. The maximum atomic E-state index is 13.1. The maximum absolute atomic E-state index is 13.1. The lowest BCUT2D eigenvalue weighted by Gasteiger charge is -2.32. The van der Waals surface area contributed by atoms with Crippen molar-refractivity contribution < 1.29 is 14.3 Å². The summed E-state index contributed by atoms with van der Waals surface area (Å²) in [6.45, 7) is 2.08. The normalized spacial score (nSPS) is 17.4. The van der Waals surface area contributed by atoms with Gasteiger partial charge in [-0.05, 0) is 31.0 Å². The molecule has 0 atom stereocenters. The standard InChI is InChI=1S/C14H19FN2O2/c15-12-1-2-14(11(9-12)10-19)16-13-3-5-17(6-4-13)7-8-18/h1-2,8-9,13,16,19H,3-7,10H2. The number of halogens is 1. The van der Waals surface area contributed by atoms with Gasteiger partial charge in [-0.2, -0.15) is 0 Å². The van der Waals surface area contributed by atoms with Gasteiger partial charge in [-0.1, -0.05) is 0 Å². The van der Waals surface area contributed by atoms with Gasteiger partial charge in [0.1, 0.15) is 12.1 Å². The summed E-state index contributed by atoms with van der Waals surface area (Å²) in [6.07, 6.45) is 2.81. The summed E-state index contributed by atoms with van der Waals surface area (Å²) >= 11 is 0. The summed E-state index contributed by atoms with van der Waals surface area (Å²) in [5.41, 5.74) is 1.37. The number of aliphatic hydroxyl groups excluding tert-OH is 1. The second-order valence-electron chi connectivity index (χ2n) is 4.85. The fourth-order valence-corrected chi connectivity index (χ4v) is 2.42. The van der Waals surface area contributed by atoms with E-state index in [4.69, 9.17) is 0 Å². The van der Waals surface area contributed by atoms with Crippen molar-refractivity contribution in [3.05, 3.63) is 29.6 Å². The molecule has 2 N–H and O–H groups in total. The van der Waals surface area contributed by atoms with Crippen LogP contribution in [-0.2, 0) is 11.4 Å². The predicted octanol–water partition coefficient (Wildman–Crippen LogP) is 1.39. The highest BCUT2D eigenvalue weighted by Crippen LogP contribution is 2.21. The molecule has 1 saturated heterocycles. The van der Waals surface area contributed by atoms with Crippen LogP contribution in [0.3, 0.4) is 0 Å². The molecule has 0 bridgehead atoms. The zero-order valence-electron chi connectivity index (χ0n) is 10.8. The van der Waals surface area contributed by atoms with E-state index in [0.29, 0.717) is 18.2 Å². The van der Waals surface area contributed by atoms with E-state index in [2.05, 4.69) is 10.2 Å². The lowest BCUT2D eigenvalue weighted by atomic mass is 10.0. The summed E-state index contributed by atoms with van der Waals surface area (Å²) < 4.78 is 13.1. The van der Waals surface area contributed by atoms with Gasteiger partial charge in [0.2, 0.25) is 0 Å². The van der Waals surface area contributed by atoms with Crippen LogP contribution in [-0.4, -0.2) is 42.0 Å². The van der Waals surface area contributed by atoms with Gasteiger partial charge >= 0.3 is 0 Å². The molecule has 1 heterocycles. The third kappa shape index (κ3) is 3.75. The molecule has 104 valence electrons. The molecule has 1 fully saturated rings. The molecule has 0 spiro atoms. The molecule has 19 heavy (non-hydrogen) atoms. The highest BCUT2D eigenvalue weighted by molar-refractivity contribution is 5.52. The van der Waals surface area contributed by atoms with E-state index in [1.165, 1.54) is 12.1 Å². The van der Waals surface area contributed by atoms with Crippen molar-refractivity contribution in [1.29, 1.82) is 0 Å². The van der Waals surface area contributed by atoms with E-state index in [-0.39, 0.29) is 12.4 Å². The van der Waals surface area contributed by atoms with Crippen LogP contribution in [0.15, 0.2) is 18.2 Å². The van der Waals surface area contributed by atoms with Gasteiger partial charge in [-0.25, -0.2) is 4.39 Å². The number of aliphatic hydroxyl groups is 1. The Morgan fingerprint density at radius 1 is 1.42 bits per heavy atom. The average molecular weight is 266 g/mol. The van der Waals surface area contributed by atoms with Crippen molar-refractivity contribution in [2.75, 3.05) is 25.0 Å². The summed E-state index contributed by atoms with van der Waals surface area (Å²) in [5.74, 6) is -0.338. The number of likely N-dealkylation sites (tertiary alicyclic amines) is 1. The molecule has 0 aromatic heterocycles. The number of hydrogen-bond acceptors (Lipinski definition) is 4. The Balaban J connectivity index is 1.93. The molecular weight excluding hydrogens is 247 g/mol. The molecule has 4 nitrogen and oxygen atoms in total. The number of piperidine rings is 1. The minimum Gasteiger partial charge on any atom is -0.392 e. The lowest BCUT2D eigenvalue weighted by molar-refractivity contribution is -0.109. The van der Waals surface area contributed by atoms with Crippen LogP contribution in [0.25, 0.3) is 0 Å². The number of rotatable bonds is 5. The van der Waals surface area contributed by atoms with E-state index < -0.39 is 0 Å². The van der Waals surface area contributed by atoms with Gasteiger partial charge in [0, 0.05) is 30.4 Å². The second kappa shape index (κ2) is 6.63. The van der Waals surface area contributed by atoms with Crippen molar-refractivity contribution in [1.82, 2.24) is 4.90 Å². The first-order valence-electron chi connectivity index (χ1n) is 6.54. The summed E-state index contributed by atoms with van der Waals surface area (Å²) in [7, 11) is 0. The van der Waals surface area contributed by atoms with Gasteiger partial charge in [0.15, 0.2) is 0 Å². The Hall–Kier alpha value is -1.46. The Bertz CT molecular complexity index is 431. The van der Waals surface area contributed by atoms with Crippen LogP contribution in [0.2, 0.25) is 0 Å². The zero-order valence-corrected chi connectivity index (χ0v) is 10.8. The lowest BCUT2D eigenvalue weighted by Crippen LogP contribution is -2.40. The number of nitrogens with zero attached hydrogens (tertiary/aromatic N) is 1. The monoisotopic (exact) mass is 266 g/mol. The van der Waals surface area contributed by atoms with E-state index in [0.717, 1.165) is 37.9 Å². The molecule has 1 aromatic carbocycles. The minimum atomic E-state index is -0.338. The Labute approximate surface area is 112 Å². The van der Waals surface area contributed by atoms with Crippen LogP contribution < -0.4 is 5.32 Å². The first-order valence-corrected chi connectivity index (χ1v) is 6.54. The third-order valence-corrected chi connectivity index (χ3v) is 3.52. The zero-order chi connectivity index (χ0) is 13.7. The van der Waals surface area contributed by atoms with E-state index >= 15 is 0 Å². The summed E-state index contributed by atoms with van der Waals surface area (Å²) in [6, 6.07) is 4.71.